The number of benzene rings is 1. The van der Waals surface area contributed by atoms with Crippen LogP contribution in [0.3, 0.4) is 0 Å². The molecule has 0 unspecified atom stereocenters. The summed E-state index contributed by atoms with van der Waals surface area (Å²) < 4.78 is 28.0. The molecule has 11 atom stereocenters. The molecule has 2 aliphatic rings. The van der Waals surface area contributed by atoms with Gasteiger partial charge in [-0.3, -0.25) is 9.59 Å². The first-order valence-electron chi connectivity index (χ1n) is 17.6. The fourth-order valence-corrected chi connectivity index (χ4v) is 7.24. The number of ether oxygens (including phenoxy) is 4. The van der Waals surface area contributed by atoms with Gasteiger partial charge in [0.05, 0.1) is 48.0 Å². The number of hydrogen-bond donors (Lipinski definition) is 4. The maximum absolute atomic E-state index is 13.3. The molecule has 51 heavy (non-hydrogen) atoms. The van der Waals surface area contributed by atoms with Gasteiger partial charge in [0.15, 0.2) is 12.1 Å². The molecule has 14 heteroatoms. The van der Waals surface area contributed by atoms with Gasteiger partial charge in [-0.15, -0.1) is 5.10 Å². The Bertz CT molecular complexity index is 1420. The van der Waals surface area contributed by atoms with E-state index in [4.69, 9.17) is 18.9 Å². The van der Waals surface area contributed by atoms with Crippen LogP contribution in [0.1, 0.15) is 52.0 Å². The highest BCUT2D eigenvalue weighted by Gasteiger charge is 2.48. The maximum Gasteiger partial charge on any atom is 0.308 e. The van der Waals surface area contributed by atoms with Crippen LogP contribution in [0.15, 0.2) is 54.8 Å². The highest BCUT2D eigenvalue weighted by Crippen LogP contribution is 2.33. The fourth-order valence-electron chi connectivity index (χ4n) is 6.72. The van der Waals surface area contributed by atoms with Crippen LogP contribution in [-0.2, 0) is 35.1 Å². The molecule has 4 rings (SSSR count). The summed E-state index contributed by atoms with van der Waals surface area (Å²) in [4.78, 5) is 29.0. The van der Waals surface area contributed by atoms with Gasteiger partial charge in [-0.05, 0) is 82.0 Å². The van der Waals surface area contributed by atoms with Crippen molar-refractivity contribution in [2.45, 2.75) is 108 Å². The largest absolute Gasteiger partial charge is 0.462 e. The fraction of sp³-hybridized carbons (Fsp3) is 0.622. The molecule has 1 aromatic heterocycles. The van der Waals surface area contributed by atoms with Crippen LogP contribution in [0.2, 0.25) is 0 Å². The lowest BCUT2D eigenvalue weighted by molar-refractivity contribution is -0.309. The van der Waals surface area contributed by atoms with Crippen molar-refractivity contribution in [3.05, 3.63) is 60.3 Å². The zero-order valence-corrected chi connectivity index (χ0v) is 31.1. The van der Waals surface area contributed by atoms with Gasteiger partial charge >= 0.3 is 5.97 Å². The third-order valence-corrected chi connectivity index (χ3v) is 10.3. The van der Waals surface area contributed by atoms with E-state index in [0.717, 1.165) is 16.0 Å². The number of likely N-dealkylation sites (N-methyl/N-ethyl adjacent to an activating group) is 1. The van der Waals surface area contributed by atoms with Gasteiger partial charge in [-0.1, -0.05) is 53.9 Å². The molecule has 1 fully saturated rings. The van der Waals surface area contributed by atoms with E-state index in [0.29, 0.717) is 32.4 Å². The molecule has 2 aromatic rings. The Labute approximate surface area is 304 Å². The Kier molecular flexibility index (Phi) is 15.8. The topological polar surface area (TPSA) is 173 Å². The first-order chi connectivity index (χ1) is 24.4. The SMILES string of the molecule is CO[C@@H]1[C@@H](O[C@@H]2O[C@H](C)[C@@H](O)[C@H](N(C)C)[C@H]2O)[C@@H](CCNCc2ccc(-c3cnns3)cc2)C[C@@H](C)C(=O)/C=C\C=C\C[C@@H](C)OC(=O)C[C@@H]1O. The summed E-state index contributed by atoms with van der Waals surface area (Å²) in [5.74, 6) is -1.52. The van der Waals surface area contributed by atoms with E-state index in [1.807, 2.05) is 37.3 Å². The van der Waals surface area contributed by atoms with Gasteiger partial charge in [-0.25, -0.2) is 0 Å². The molecule has 4 N–H and O–H groups in total. The van der Waals surface area contributed by atoms with E-state index < -0.39 is 72.9 Å². The molecule has 0 amide bonds. The molecule has 282 valence electrons. The lowest BCUT2D eigenvalue weighted by Gasteiger charge is -2.46. The summed E-state index contributed by atoms with van der Waals surface area (Å²) in [6.45, 7) is 6.39. The van der Waals surface area contributed by atoms with E-state index in [1.165, 1.54) is 24.7 Å². The standard InChI is InChI=1S/C37H54N4O9S/c1-22-18-27(16-17-38-20-25-12-14-26(15-13-25)30-21-39-40-51-30)35(50-37-34(46)32(41(4)5)33(45)24(3)49-37)36(47-6)29(43)19-31(44)48-23(2)10-8-7-9-11-28(22)42/h7-9,11-15,21-24,27,29,32-38,43,45-46H,10,16-20H2,1-6H3/b8-7+,11-9-/t22-,23-,24-,27+,29+,32+,33-,34-,35+,36+,37+/m1/s1. The number of carbonyl (C=O) groups is 2. The Balaban J connectivity index is 1.62. The van der Waals surface area contributed by atoms with Gasteiger partial charge in [0.1, 0.15) is 18.3 Å². The molecule has 0 saturated carbocycles. The van der Waals surface area contributed by atoms with Crippen molar-refractivity contribution < 1.29 is 43.9 Å². The highest BCUT2D eigenvalue weighted by molar-refractivity contribution is 7.09. The quantitative estimate of drug-likeness (QED) is 0.208. The van der Waals surface area contributed by atoms with Gasteiger partial charge in [0.2, 0.25) is 0 Å². The number of aliphatic hydroxyl groups excluding tert-OH is 3. The minimum absolute atomic E-state index is 0.0768. The Morgan fingerprint density at radius 3 is 2.45 bits per heavy atom. The number of aromatic nitrogens is 2. The lowest BCUT2D eigenvalue weighted by atomic mass is 9.82. The van der Waals surface area contributed by atoms with Crippen LogP contribution < -0.4 is 5.32 Å². The van der Waals surface area contributed by atoms with Crippen molar-refractivity contribution in [2.75, 3.05) is 27.7 Å². The van der Waals surface area contributed by atoms with Gasteiger partial charge < -0.3 is 44.5 Å². The Hall–Kier alpha value is -2.92. The van der Waals surface area contributed by atoms with Crippen LogP contribution in [-0.4, -0.2) is 124 Å². The summed E-state index contributed by atoms with van der Waals surface area (Å²) in [5, 5.41) is 41.2. The average Bonchev–Trinajstić information content (AvgIpc) is 3.63. The minimum atomic E-state index is -1.34. The molecule has 1 aromatic carbocycles. The van der Waals surface area contributed by atoms with Crippen molar-refractivity contribution in [1.82, 2.24) is 19.8 Å². The predicted octanol–water partition coefficient (Wildman–Crippen LogP) is 2.89. The molecule has 1 saturated heterocycles. The van der Waals surface area contributed by atoms with Gasteiger partial charge in [0.25, 0.3) is 0 Å². The van der Waals surface area contributed by atoms with E-state index in [2.05, 4.69) is 14.9 Å². The number of aliphatic hydroxyl groups is 3. The van der Waals surface area contributed by atoms with Crippen LogP contribution in [0.25, 0.3) is 10.4 Å². The average molecular weight is 731 g/mol. The molecule has 0 radical (unpaired) electrons. The van der Waals surface area contributed by atoms with E-state index in [-0.39, 0.29) is 12.2 Å². The monoisotopic (exact) mass is 730 g/mol. The van der Waals surface area contributed by atoms with Crippen molar-refractivity contribution in [2.24, 2.45) is 11.8 Å². The molecular formula is C37H54N4O9S. The molecule has 0 spiro atoms. The molecule has 3 heterocycles. The first kappa shape index (κ1) is 40.8. The van der Waals surface area contributed by atoms with Gasteiger partial charge in [-0.2, -0.15) is 0 Å². The third kappa shape index (κ3) is 11.5. The summed E-state index contributed by atoms with van der Waals surface area (Å²) >= 11 is 1.34. The number of cyclic esters (lactones) is 1. The molecule has 0 bridgehead atoms. The molecular weight excluding hydrogens is 676 g/mol. The highest BCUT2D eigenvalue weighted by atomic mass is 32.1. The summed E-state index contributed by atoms with van der Waals surface area (Å²) in [6.07, 6.45) is 1.50. The van der Waals surface area contributed by atoms with Crippen molar-refractivity contribution >= 4 is 23.3 Å². The summed E-state index contributed by atoms with van der Waals surface area (Å²) in [6, 6.07) is 7.43. The van der Waals surface area contributed by atoms with Crippen LogP contribution >= 0.6 is 11.5 Å². The number of methoxy groups -OCH3 is 1. The van der Waals surface area contributed by atoms with Crippen LogP contribution in [0.4, 0.5) is 0 Å². The number of allylic oxidation sites excluding steroid dienone is 3. The number of nitrogens with one attached hydrogen (secondary N) is 1. The zero-order chi connectivity index (χ0) is 37.1. The molecule has 0 aliphatic carbocycles. The normalized spacial score (nSPS) is 34.3. The van der Waals surface area contributed by atoms with Crippen LogP contribution in [0.5, 0.6) is 0 Å². The molecule has 13 nitrogen and oxygen atoms in total. The number of hydrogen-bond acceptors (Lipinski definition) is 14. The van der Waals surface area contributed by atoms with E-state index in [1.54, 1.807) is 51.2 Å². The van der Waals surface area contributed by atoms with Gasteiger partial charge in [0, 0.05) is 26.0 Å². The molecule has 2 aliphatic heterocycles. The summed E-state index contributed by atoms with van der Waals surface area (Å²) in [7, 11) is 4.93. The van der Waals surface area contributed by atoms with Crippen LogP contribution in [0, 0.1) is 11.8 Å². The number of nitrogens with zero attached hydrogens (tertiary/aromatic N) is 3. The second-order valence-electron chi connectivity index (χ2n) is 13.8. The smallest absolute Gasteiger partial charge is 0.308 e. The predicted molar refractivity (Wildman–Crippen MR) is 193 cm³/mol. The third-order valence-electron chi connectivity index (χ3n) is 9.58. The van der Waals surface area contributed by atoms with Crippen molar-refractivity contribution in [1.29, 1.82) is 0 Å². The summed E-state index contributed by atoms with van der Waals surface area (Å²) in [5.41, 5.74) is 2.11. The zero-order valence-electron chi connectivity index (χ0n) is 30.3. The first-order valence-corrected chi connectivity index (χ1v) is 18.3. The van der Waals surface area contributed by atoms with E-state index >= 15 is 0 Å². The Morgan fingerprint density at radius 1 is 1.04 bits per heavy atom. The number of ketones is 1. The maximum atomic E-state index is 13.3. The van der Waals surface area contributed by atoms with Crippen molar-refractivity contribution in [3.63, 3.8) is 0 Å². The minimum Gasteiger partial charge on any atom is -0.462 e. The number of esters is 1. The number of carbonyl (C=O) groups excluding carboxylic acids is 2. The van der Waals surface area contributed by atoms with E-state index in [9.17, 15) is 24.9 Å². The Morgan fingerprint density at radius 2 is 1.78 bits per heavy atom. The second kappa shape index (κ2) is 19.8. The van der Waals surface area contributed by atoms with Crippen molar-refractivity contribution in [3.8, 4) is 10.4 Å². The lowest BCUT2D eigenvalue weighted by Crippen LogP contribution is -2.63. The second-order valence-corrected chi connectivity index (χ2v) is 14.6. The number of rotatable bonds is 10.